The third-order valence-electron chi connectivity index (χ3n) is 13.6. The summed E-state index contributed by atoms with van der Waals surface area (Å²) in [4.78, 5) is 10.5. The van der Waals surface area contributed by atoms with Crippen LogP contribution < -0.4 is 0 Å². The summed E-state index contributed by atoms with van der Waals surface area (Å²) in [5.41, 5.74) is 10.0. The predicted molar refractivity (Wildman–Crippen MR) is 299 cm³/mol. The second-order valence-corrected chi connectivity index (χ2v) is 24.4. The summed E-state index contributed by atoms with van der Waals surface area (Å²) in [6.45, 7) is 22.6. The van der Waals surface area contributed by atoms with E-state index >= 15 is 0 Å². The van der Waals surface area contributed by atoms with E-state index in [1.165, 1.54) is 23.3 Å². The van der Waals surface area contributed by atoms with Crippen LogP contribution in [0.25, 0.3) is 72.7 Å². The molecule has 0 fully saturated rings. The van der Waals surface area contributed by atoms with Gasteiger partial charge in [-0.1, -0.05) is 214 Å². The molecule has 0 aliphatic carbocycles. The first-order valence-corrected chi connectivity index (χ1v) is 24.5. The molecule has 4 nitrogen and oxygen atoms in total. The number of benzene rings is 6. The van der Waals surface area contributed by atoms with Gasteiger partial charge in [-0.3, -0.25) is 9.55 Å². The van der Waals surface area contributed by atoms with E-state index in [4.69, 9.17) is 22.3 Å². The maximum atomic E-state index is 12.7. The number of aromatic hydroxyl groups is 1. The minimum atomic E-state index is -3.38. The van der Waals surface area contributed by atoms with Crippen LogP contribution in [0.15, 0.2) is 128 Å². The molecule has 6 aromatic carbocycles. The molecule has 0 atom stereocenters. The summed E-state index contributed by atoms with van der Waals surface area (Å²) in [5, 5.41) is 12.7. The number of imidazole rings is 1. The first kappa shape index (κ1) is 42.0. The summed E-state index contributed by atoms with van der Waals surface area (Å²) in [6, 6.07) is 43.4. The van der Waals surface area contributed by atoms with Gasteiger partial charge in [0.25, 0.3) is 0 Å². The van der Waals surface area contributed by atoms with Gasteiger partial charge < -0.3 is 5.11 Å². The standard InChI is InChI=1S/C66H76N3O.Pt/c1-61(2,3)46-26-22-41(23-27-46)43-32-33-67-55(37-43)45-34-44(35-49(36-45)64(10,11)12)51-20-19-21-57-58(51)68-60(53-39-50(65(13,14)15)40-54(59(53)70)66(16,17)18)69(57)56-31-30-48(63(7,8)9)38-52(56)42-24-28-47(29-25-42)62(4,5)6;/h19-33,35-40,70H,1-18H3;/q-1;/i1D3,2D3,3D3;. The van der Waals surface area contributed by atoms with Crippen LogP contribution in [0.5, 0.6) is 5.75 Å². The van der Waals surface area contributed by atoms with Crippen molar-refractivity contribution in [1.29, 1.82) is 0 Å². The molecule has 0 bridgehead atoms. The van der Waals surface area contributed by atoms with E-state index in [2.05, 4.69) is 193 Å². The summed E-state index contributed by atoms with van der Waals surface area (Å²) in [5.74, 6) is 0.769. The second-order valence-electron chi connectivity index (χ2n) is 24.4. The topological polar surface area (TPSA) is 50.9 Å². The van der Waals surface area contributed by atoms with Crippen LogP contribution in [0.2, 0.25) is 0 Å². The van der Waals surface area contributed by atoms with Crippen LogP contribution in [0.1, 0.15) is 170 Å². The number of hydrogen-bond acceptors (Lipinski definition) is 3. The molecule has 0 aliphatic heterocycles. The fourth-order valence-corrected chi connectivity index (χ4v) is 9.09. The average Bonchev–Trinajstić information content (AvgIpc) is 3.71. The fraction of sp³-hybridized carbons (Fsp3) is 0.364. The van der Waals surface area contributed by atoms with Crippen LogP contribution in [-0.2, 0) is 53.6 Å². The second kappa shape index (κ2) is 18.8. The third-order valence-corrected chi connectivity index (χ3v) is 13.6. The zero-order chi connectivity index (χ0) is 58.6. The Morgan fingerprint density at radius 1 is 0.479 bits per heavy atom. The molecular formula is C66H76N3OPt-. The number of fused-ring (bicyclic) bond motifs is 1. The Balaban J connectivity index is 0.00000924. The van der Waals surface area contributed by atoms with Gasteiger partial charge in [-0.2, -0.15) is 0 Å². The molecule has 1 N–H and O–H groups in total. The molecule has 5 heteroatoms. The number of phenols is 1. The molecule has 0 aliphatic rings. The maximum Gasteiger partial charge on any atom is 0.148 e. The first-order chi connectivity index (χ1) is 36.1. The van der Waals surface area contributed by atoms with E-state index in [1.54, 1.807) is 24.4 Å². The van der Waals surface area contributed by atoms with Crippen molar-refractivity contribution < 1.29 is 38.5 Å². The Morgan fingerprint density at radius 3 is 1.59 bits per heavy atom. The van der Waals surface area contributed by atoms with Crippen LogP contribution in [-0.4, -0.2) is 19.6 Å². The molecule has 8 rings (SSSR count). The van der Waals surface area contributed by atoms with Crippen molar-refractivity contribution in [3.05, 3.63) is 167 Å². The molecule has 2 aromatic heterocycles. The van der Waals surface area contributed by atoms with Crippen molar-refractivity contribution in [2.45, 2.75) is 157 Å². The van der Waals surface area contributed by atoms with E-state index in [1.807, 2.05) is 12.1 Å². The first-order valence-electron chi connectivity index (χ1n) is 29.0. The Labute approximate surface area is 453 Å². The van der Waals surface area contributed by atoms with Crippen LogP contribution >= 0.6 is 0 Å². The van der Waals surface area contributed by atoms with Crippen molar-refractivity contribution in [3.63, 3.8) is 0 Å². The molecule has 8 aromatic rings. The number of pyridine rings is 1. The SMILES string of the molecule is [2H]C([2H])([2H])C(c1ccc(-c2ccnc(-c3[c-]c(-c4cccc5c4nc(-c4cc(C(C)(C)C)cc(C(C)(C)C)c4O)n5-c4ccc(C(C)(C)C)cc4-c4ccc(C(C)(C)C)cc4)cc(C(C)(C)C)c3)c2)cc1)(C([2H])([2H])[2H])C([2H])([2H])[2H].[Pt]. The van der Waals surface area contributed by atoms with Gasteiger partial charge in [0, 0.05) is 56.4 Å². The number of para-hydroxylation sites is 1. The molecule has 71 heavy (non-hydrogen) atoms. The maximum absolute atomic E-state index is 12.7. The summed E-state index contributed by atoms with van der Waals surface area (Å²) < 4.78 is 76.4. The minimum absolute atomic E-state index is 0. The number of nitrogens with zero attached hydrogens (tertiary/aromatic N) is 3. The number of aromatic nitrogens is 3. The zero-order valence-electron chi connectivity index (χ0n) is 53.2. The molecule has 372 valence electrons. The summed E-state index contributed by atoms with van der Waals surface area (Å²) >= 11 is 0. The van der Waals surface area contributed by atoms with Gasteiger partial charge in [0.05, 0.1) is 22.3 Å². The monoisotopic (exact) mass is 1130 g/mol. The molecule has 0 amide bonds. The Bertz CT molecular complexity index is 3550. The normalized spacial score (nSPS) is 15.3. The van der Waals surface area contributed by atoms with Crippen molar-refractivity contribution in [2.24, 2.45) is 0 Å². The Hall–Kier alpha value is -5.57. The molecular weight excluding hydrogens is 1050 g/mol. The molecule has 2 heterocycles. The van der Waals surface area contributed by atoms with Gasteiger partial charge in [-0.15, -0.1) is 29.3 Å². The average molecular weight is 1130 g/mol. The number of hydrogen-bond donors (Lipinski definition) is 1. The zero-order valence-corrected chi connectivity index (χ0v) is 46.5. The van der Waals surface area contributed by atoms with Gasteiger partial charge >= 0.3 is 0 Å². The van der Waals surface area contributed by atoms with Gasteiger partial charge in [-0.25, -0.2) is 4.98 Å². The van der Waals surface area contributed by atoms with Crippen LogP contribution in [0.3, 0.4) is 0 Å². The van der Waals surface area contributed by atoms with E-state index in [-0.39, 0.29) is 54.0 Å². The largest absolute Gasteiger partial charge is 0.507 e. The fourth-order valence-electron chi connectivity index (χ4n) is 9.09. The van der Waals surface area contributed by atoms with Gasteiger partial charge in [0.2, 0.25) is 0 Å². The van der Waals surface area contributed by atoms with Gasteiger partial charge in [0.1, 0.15) is 11.6 Å². The van der Waals surface area contributed by atoms with E-state index in [0.29, 0.717) is 39.3 Å². The summed E-state index contributed by atoms with van der Waals surface area (Å²) in [7, 11) is 0. The van der Waals surface area contributed by atoms with Crippen molar-refractivity contribution in [3.8, 4) is 67.5 Å². The third kappa shape index (κ3) is 11.0. The molecule has 0 spiro atoms. The predicted octanol–water partition coefficient (Wildman–Crippen LogP) is 18.0. The van der Waals surface area contributed by atoms with E-state index in [9.17, 15) is 5.11 Å². The molecule has 0 saturated heterocycles. The minimum Gasteiger partial charge on any atom is -0.507 e. The van der Waals surface area contributed by atoms with Gasteiger partial charge in [0.15, 0.2) is 0 Å². The van der Waals surface area contributed by atoms with Crippen molar-refractivity contribution in [2.75, 3.05) is 0 Å². The number of phenolic OH excluding ortho intramolecular Hbond substituents is 1. The van der Waals surface area contributed by atoms with Crippen LogP contribution in [0.4, 0.5) is 0 Å². The molecule has 0 unspecified atom stereocenters. The van der Waals surface area contributed by atoms with Crippen molar-refractivity contribution >= 4 is 11.0 Å². The Kier molecular flexibility index (Phi) is 11.1. The van der Waals surface area contributed by atoms with Crippen LogP contribution in [0, 0.1) is 6.07 Å². The van der Waals surface area contributed by atoms with Gasteiger partial charge in [-0.05, 0) is 102 Å². The van der Waals surface area contributed by atoms with E-state index in [0.717, 1.165) is 50.1 Å². The van der Waals surface area contributed by atoms with Crippen molar-refractivity contribution in [1.82, 2.24) is 14.5 Å². The quantitative estimate of drug-likeness (QED) is 0.169. The van der Waals surface area contributed by atoms with E-state index < -0.39 is 31.4 Å². The molecule has 0 saturated carbocycles. The summed E-state index contributed by atoms with van der Waals surface area (Å²) in [6.07, 6.45) is 1.67. The Morgan fingerprint density at radius 2 is 1.01 bits per heavy atom. The smallest absolute Gasteiger partial charge is 0.148 e. The number of rotatable bonds is 6. The molecule has 0 radical (unpaired) electrons.